The Bertz CT molecular complexity index is 1090. The quantitative estimate of drug-likeness (QED) is 0.364. The maximum Gasteiger partial charge on any atom is 0.390 e. The van der Waals surface area contributed by atoms with E-state index in [1.165, 1.54) is 0 Å². The van der Waals surface area contributed by atoms with E-state index in [2.05, 4.69) is 4.98 Å². The summed E-state index contributed by atoms with van der Waals surface area (Å²) in [7, 11) is 0. The second kappa shape index (κ2) is 7.36. The van der Waals surface area contributed by atoms with Gasteiger partial charge in [0.05, 0.1) is 12.1 Å². The van der Waals surface area contributed by atoms with Crippen molar-refractivity contribution in [1.82, 2.24) is 4.98 Å². The van der Waals surface area contributed by atoms with Gasteiger partial charge in [-0.1, -0.05) is 78.3 Å². The van der Waals surface area contributed by atoms with Crippen molar-refractivity contribution in [3.05, 3.63) is 95.0 Å². The molecule has 0 unspecified atom stereocenters. The molecule has 0 aliphatic carbocycles. The maximum absolute atomic E-state index is 13.6. The zero-order valence-electron chi connectivity index (χ0n) is 14.8. The van der Waals surface area contributed by atoms with Gasteiger partial charge in [-0.3, -0.25) is 0 Å². The molecule has 0 saturated heterocycles. The summed E-state index contributed by atoms with van der Waals surface area (Å²) in [6, 6.07) is 23.5. The van der Waals surface area contributed by atoms with Crippen molar-refractivity contribution in [2.75, 3.05) is 0 Å². The fourth-order valence-corrected chi connectivity index (χ4v) is 3.86. The van der Waals surface area contributed by atoms with Crippen molar-refractivity contribution in [3.8, 4) is 11.3 Å². The van der Waals surface area contributed by atoms with E-state index < -0.39 is 18.5 Å². The molecule has 1 heterocycles. The summed E-state index contributed by atoms with van der Waals surface area (Å²) in [4.78, 5) is 3.31. The van der Waals surface area contributed by atoms with E-state index in [9.17, 15) is 13.2 Å². The summed E-state index contributed by atoms with van der Waals surface area (Å²) >= 11 is 6.13. The minimum atomic E-state index is -4.30. The average molecular weight is 400 g/mol. The lowest BCUT2D eigenvalue weighted by atomic mass is 9.85. The average Bonchev–Trinajstić information content (AvgIpc) is 3.05. The van der Waals surface area contributed by atoms with Crippen LogP contribution in [-0.2, 0) is 0 Å². The SMILES string of the molecule is FC(F)(F)C[C@@H](c1ccccc1)c1c(-c2ccccc2)[nH]c2cc(Cl)ccc12. The fraction of sp³-hybridized carbons (Fsp3) is 0.130. The van der Waals surface area contributed by atoms with Gasteiger partial charge in [-0.05, 0) is 28.8 Å². The van der Waals surface area contributed by atoms with E-state index in [1.54, 1.807) is 48.5 Å². The van der Waals surface area contributed by atoms with Gasteiger partial charge in [0.15, 0.2) is 0 Å². The van der Waals surface area contributed by atoms with Gasteiger partial charge in [-0.25, -0.2) is 0 Å². The fourth-order valence-electron chi connectivity index (χ4n) is 3.69. The topological polar surface area (TPSA) is 15.8 Å². The second-order valence-electron chi connectivity index (χ2n) is 6.75. The molecule has 0 aliphatic heterocycles. The lowest BCUT2D eigenvalue weighted by Crippen LogP contribution is -2.15. The van der Waals surface area contributed by atoms with Crippen LogP contribution in [0.25, 0.3) is 22.2 Å². The van der Waals surface area contributed by atoms with Crippen LogP contribution in [0.4, 0.5) is 13.2 Å². The standard InChI is InChI=1S/C23H17ClF3N/c24-17-11-12-18-20(13-17)28-22(16-9-5-2-6-10-16)21(18)19(14-23(25,26)27)15-7-3-1-4-8-15/h1-13,19,28H,14H2/t19-/m0/s1. The number of aromatic nitrogens is 1. The van der Waals surface area contributed by atoms with Crippen LogP contribution < -0.4 is 0 Å². The van der Waals surface area contributed by atoms with E-state index in [-0.39, 0.29) is 0 Å². The third-order valence-corrected chi connectivity index (χ3v) is 5.08. The molecular weight excluding hydrogens is 383 g/mol. The molecule has 142 valence electrons. The number of hydrogen-bond donors (Lipinski definition) is 1. The first-order valence-corrected chi connectivity index (χ1v) is 9.28. The molecule has 0 bridgehead atoms. The molecule has 1 nitrogen and oxygen atoms in total. The van der Waals surface area contributed by atoms with Gasteiger partial charge < -0.3 is 4.98 Å². The van der Waals surface area contributed by atoms with Gasteiger partial charge in [-0.2, -0.15) is 13.2 Å². The van der Waals surface area contributed by atoms with E-state index >= 15 is 0 Å². The Morgan fingerprint density at radius 1 is 0.857 bits per heavy atom. The van der Waals surface area contributed by atoms with Crippen LogP contribution in [0.3, 0.4) is 0 Å². The van der Waals surface area contributed by atoms with Crippen LogP contribution in [0.1, 0.15) is 23.5 Å². The van der Waals surface area contributed by atoms with Crippen molar-refractivity contribution in [2.24, 2.45) is 0 Å². The number of hydrogen-bond acceptors (Lipinski definition) is 0. The summed E-state index contributed by atoms with van der Waals surface area (Å²) in [6.45, 7) is 0. The molecule has 1 atom stereocenters. The van der Waals surface area contributed by atoms with E-state index in [0.717, 1.165) is 16.5 Å². The molecule has 4 rings (SSSR count). The van der Waals surface area contributed by atoms with Gasteiger partial charge in [0.25, 0.3) is 0 Å². The zero-order valence-corrected chi connectivity index (χ0v) is 15.6. The van der Waals surface area contributed by atoms with Gasteiger partial charge in [0.1, 0.15) is 0 Å². The minimum absolute atomic E-state index is 0.534. The highest BCUT2D eigenvalue weighted by molar-refractivity contribution is 6.31. The van der Waals surface area contributed by atoms with Crippen LogP contribution in [0.5, 0.6) is 0 Å². The molecular formula is C23H17ClF3N. The highest BCUT2D eigenvalue weighted by Gasteiger charge is 2.35. The lowest BCUT2D eigenvalue weighted by Gasteiger charge is -2.21. The Kier molecular flexibility index (Phi) is 4.90. The third kappa shape index (κ3) is 3.78. The number of aromatic amines is 1. The van der Waals surface area contributed by atoms with Crippen molar-refractivity contribution < 1.29 is 13.2 Å². The normalized spacial score (nSPS) is 13.0. The molecule has 0 spiro atoms. The number of alkyl halides is 3. The Balaban J connectivity index is 2.00. The predicted molar refractivity (Wildman–Crippen MR) is 108 cm³/mol. The Morgan fingerprint density at radius 2 is 1.50 bits per heavy atom. The first-order chi connectivity index (χ1) is 13.4. The summed E-state index contributed by atoms with van der Waals surface area (Å²) in [6.07, 6.45) is -5.24. The van der Waals surface area contributed by atoms with Crippen molar-refractivity contribution in [1.29, 1.82) is 0 Å². The molecule has 1 N–H and O–H groups in total. The monoisotopic (exact) mass is 399 g/mol. The molecule has 4 aromatic rings. The van der Waals surface area contributed by atoms with Crippen LogP contribution in [0, 0.1) is 0 Å². The highest BCUT2D eigenvalue weighted by Crippen LogP contribution is 2.44. The van der Waals surface area contributed by atoms with Crippen molar-refractivity contribution in [3.63, 3.8) is 0 Å². The largest absolute Gasteiger partial charge is 0.390 e. The maximum atomic E-state index is 13.6. The second-order valence-corrected chi connectivity index (χ2v) is 7.19. The summed E-state index contributed by atoms with van der Waals surface area (Å²) in [5, 5.41) is 1.29. The minimum Gasteiger partial charge on any atom is -0.354 e. The van der Waals surface area contributed by atoms with Gasteiger partial charge in [-0.15, -0.1) is 0 Å². The zero-order chi connectivity index (χ0) is 19.7. The summed E-state index contributed by atoms with van der Waals surface area (Å²) < 4.78 is 40.7. The van der Waals surface area contributed by atoms with Crippen LogP contribution in [-0.4, -0.2) is 11.2 Å². The lowest BCUT2D eigenvalue weighted by molar-refractivity contribution is -0.136. The van der Waals surface area contributed by atoms with Crippen molar-refractivity contribution >= 4 is 22.5 Å². The number of H-pyrrole nitrogens is 1. The molecule has 1 aromatic heterocycles. The predicted octanol–water partition coefficient (Wildman–Crippen LogP) is 7.57. The number of rotatable bonds is 4. The third-order valence-electron chi connectivity index (χ3n) is 4.85. The molecule has 28 heavy (non-hydrogen) atoms. The first kappa shape index (κ1) is 18.6. The molecule has 0 saturated carbocycles. The number of nitrogens with one attached hydrogen (secondary N) is 1. The Morgan fingerprint density at radius 3 is 2.14 bits per heavy atom. The number of benzene rings is 3. The molecule has 0 aliphatic rings. The summed E-state index contributed by atoms with van der Waals surface area (Å²) in [5.74, 6) is -0.827. The van der Waals surface area contributed by atoms with Crippen LogP contribution in [0.15, 0.2) is 78.9 Å². The van der Waals surface area contributed by atoms with Crippen LogP contribution >= 0.6 is 11.6 Å². The smallest absolute Gasteiger partial charge is 0.354 e. The van der Waals surface area contributed by atoms with Crippen molar-refractivity contribution in [2.45, 2.75) is 18.5 Å². The van der Waals surface area contributed by atoms with Gasteiger partial charge in [0, 0.05) is 21.8 Å². The summed E-state index contributed by atoms with van der Waals surface area (Å²) in [5.41, 5.74) is 3.53. The Labute approximate surface area is 165 Å². The van der Waals surface area contributed by atoms with E-state index in [0.29, 0.717) is 21.8 Å². The van der Waals surface area contributed by atoms with Crippen LogP contribution in [0.2, 0.25) is 5.02 Å². The van der Waals surface area contributed by atoms with Gasteiger partial charge in [0.2, 0.25) is 0 Å². The number of fused-ring (bicyclic) bond motifs is 1. The van der Waals surface area contributed by atoms with E-state index in [4.69, 9.17) is 11.6 Å². The molecule has 0 fully saturated rings. The molecule has 3 aromatic carbocycles. The highest BCUT2D eigenvalue weighted by atomic mass is 35.5. The molecule has 0 radical (unpaired) electrons. The Hall–Kier alpha value is -2.72. The number of halogens is 4. The molecule has 0 amide bonds. The van der Waals surface area contributed by atoms with E-state index in [1.807, 2.05) is 30.3 Å². The first-order valence-electron chi connectivity index (χ1n) is 8.90. The van der Waals surface area contributed by atoms with Gasteiger partial charge >= 0.3 is 6.18 Å². The molecule has 5 heteroatoms.